The molecule has 0 aromatic carbocycles. The molecular formula is C14H27N3O4. The van der Waals surface area contributed by atoms with Crippen LogP contribution in [-0.2, 0) is 19.1 Å². The first kappa shape index (κ1) is 17.9. The van der Waals surface area contributed by atoms with Crippen molar-refractivity contribution in [2.75, 3.05) is 53.5 Å². The van der Waals surface area contributed by atoms with Crippen LogP contribution in [0.2, 0.25) is 0 Å². The van der Waals surface area contributed by atoms with Gasteiger partial charge in [0.25, 0.3) is 0 Å². The third-order valence-electron chi connectivity index (χ3n) is 3.61. The van der Waals surface area contributed by atoms with E-state index in [1.807, 2.05) is 0 Å². The van der Waals surface area contributed by atoms with Crippen LogP contribution in [0.1, 0.15) is 19.3 Å². The summed E-state index contributed by atoms with van der Waals surface area (Å²) in [6.07, 6.45) is 1.42. The molecule has 1 atom stereocenters. The fourth-order valence-corrected chi connectivity index (χ4v) is 2.27. The van der Waals surface area contributed by atoms with E-state index in [1.54, 1.807) is 11.9 Å². The van der Waals surface area contributed by atoms with E-state index in [2.05, 4.69) is 9.64 Å². The molecule has 0 radical (unpaired) electrons. The number of hydrogen-bond acceptors (Lipinski definition) is 6. The molecule has 1 aliphatic heterocycles. The number of carbonyl (C=O) groups is 2. The topological polar surface area (TPSA) is 85.1 Å². The first-order valence-electron chi connectivity index (χ1n) is 7.41. The number of morpholine rings is 1. The zero-order valence-corrected chi connectivity index (χ0v) is 13.0. The zero-order chi connectivity index (χ0) is 15.7. The van der Waals surface area contributed by atoms with Crippen LogP contribution < -0.4 is 5.73 Å². The highest BCUT2D eigenvalue weighted by Gasteiger charge is 2.23. The summed E-state index contributed by atoms with van der Waals surface area (Å²) in [5.41, 5.74) is 5.44. The van der Waals surface area contributed by atoms with Crippen LogP contribution in [0.4, 0.5) is 0 Å². The number of ether oxygens (including phenoxy) is 2. The van der Waals surface area contributed by atoms with Gasteiger partial charge in [0.1, 0.15) is 0 Å². The van der Waals surface area contributed by atoms with Crippen molar-refractivity contribution in [1.29, 1.82) is 0 Å². The Kier molecular flexibility index (Phi) is 8.26. The van der Waals surface area contributed by atoms with Crippen LogP contribution in [-0.4, -0.2) is 81.3 Å². The fourth-order valence-electron chi connectivity index (χ4n) is 2.27. The highest BCUT2D eigenvalue weighted by atomic mass is 16.5. The van der Waals surface area contributed by atoms with Crippen molar-refractivity contribution < 1.29 is 19.1 Å². The molecular weight excluding hydrogens is 274 g/mol. The molecule has 7 nitrogen and oxygen atoms in total. The van der Waals surface area contributed by atoms with Gasteiger partial charge in [-0.3, -0.25) is 14.5 Å². The van der Waals surface area contributed by atoms with Gasteiger partial charge in [0.05, 0.1) is 26.2 Å². The molecule has 0 aromatic heterocycles. The number of rotatable bonds is 8. The minimum atomic E-state index is -0.264. The van der Waals surface area contributed by atoms with Crippen LogP contribution >= 0.6 is 0 Å². The first-order valence-corrected chi connectivity index (χ1v) is 7.41. The monoisotopic (exact) mass is 301 g/mol. The molecule has 0 aliphatic carbocycles. The average Bonchev–Trinajstić information content (AvgIpc) is 2.50. The second-order valence-electron chi connectivity index (χ2n) is 5.28. The Morgan fingerprint density at radius 3 is 2.90 bits per heavy atom. The van der Waals surface area contributed by atoms with Crippen molar-refractivity contribution in [3.63, 3.8) is 0 Å². The van der Waals surface area contributed by atoms with E-state index in [-0.39, 0.29) is 24.4 Å². The molecule has 0 aromatic rings. The molecule has 0 saturated carbocycles. The van der Waals surface area contributed by atoms with Crippen molar-refractivity contribution in [3.8, 4) is 0 Å². The number of carbonyl (C=O) groups excluding carboxylic acids is 2. The van der Waals surface area contributed by atoms with E-state index in [0.717, 1.165) is 13.0 Å². The number of esters is 1. The van der Waals surface area contributed by atoms with Gasteiger partial charge in [-0.25, -0.2) is 0 Å². The summed E-state index contributed by atoms with van der Waals surface area (Å²) in [6, 6.07) is 0. The summed E-state index contributed by atoms with van der Waals surface area (Å²) in [5, 5.41) is 0. The van der Waals surface area contributed by atoms with Gasteiger partial charge in [-0.1, -0.05) is 0 Å². The lowest BCUT2D eigenvalue weighted by Crippen LogP contribution is -2.44. The number of hydrogen-bond donors (Lipinski definition) is 1. The van der Waals surface area contributed by atoms with Crippen molar-refractivity contribution in [3.05, 3.63) is 0 Å². The Balaban J connectivity index is 2.27. The lowest BCUT2D eigenvalue weighted by molar-refractivity contribution is -0.146. The minimum Gasteiger partial charge on any atom is -0.469 e. The predicted molar refractivity (Wildman–Crippen MR) is 78.7 cm³/mol. The van der Waals surface area contributed by atoms with Crippen molar-refractivity contribution in [2.24, 2.45) is 5.73 Å². The molecule has 0 spiro atoms. The Morgan fingerprint density at radius 2 is 2.24 bits per heavy atom. The highest BCUT2D eigenvalue weighted by molar-refractivity contribution is 5.76. The minimum absolute atomic E-state index is 0.124. The van der Waals surface area contributed by atoms with Crippen molar-refractivity contribution in [1.82, 2.24) is 9.80 Å². The summed E-state index contributed by atoms with van der Waals surface area (Å²) in [6.45, 7) is 4.01. The second kappa shape index (κ2) is 9.70. The van der Waals surface area contributed by atoms with Crippen LogP contribution in [0.15, 0.2) is 0 Å². The fraction of sp³-hybridized carbons (Fsp3) is 0.857. The molecule has 1 unspecified atom stereocenters. The molecule has 0 bridgehead atoms. The molecule has 1 rings (SSSR count). The average molecular weight is 301 g/mol. The number of nitrogens with two attached hydrogens (primary N) is 1. The van der Waals surface area contributed by atoms with Gasteiger partial charge in [0, 0.05) is 39.6 Å². The summed E-state index contributed by atoms with van der Waals surface area (Å²) < 4.78 is 10.2. The van der Waals surface area contributed by atoms with Gasteiger partial charge in [-0.15, -0.1) is 0 Å². The molecule has 1 heterocycles. The molecule has 21 heavy (non-hydrogen) atoms. The van der Waals surface area contributed by atoms with Gasteiger partial charge >= 0.3 is 5.97 Å². The van der Waals surface area contributed by atoms with E-state index in [0.29, 0.717) is 39.2 Å². The molecule has 1 amide bonds. The maximum atomic E-state index is 12.0. The van der Waals surface area contributed by atoms with E-state index in [4.69, 9.17) is 10.5 Å². The highest BCUT2D eigenvalue weighted by Crippen LogP contribution is 2.10. The third-order valence-corrected chi connectivity index (χ3v) is 3.61. The van der Waals surface area contributed by atoms with Crippen LogP contribution in [0, 0.1) is 0 Å². The summed E-state index contributed by atoms with van der Waals surface area (Å²) in [4.78, 5) is 27.1. The predicted octanol–water partition coefficient (Wildman–Crippen LogP) is -0.552. The molecule has 1 saturated heterocycles. The summed E-state index contributed by atoms with van der Waals surface area (Å²) in [5.74, 6) is -0.140. The van der Waals surface area contributed by atoms with E-state index in [9.17, 15) is 9.59 Å². The van der Waals surface area contributed by atoms with Gasteiger partial charge in [-0.05, 0) is 13.0 Å². The lowest BCUT2D eigenvalue weighted by Gasteiger charge is -2.32. The number of nitrogens with zero attached hydrogens (tertiary/aromatic N) is 2. The molecule has 1 fully saturated rings. The van der Waals surface area contributed by atoms with Crippen LogP contribution in [0.5, 0.6) is 0 Å². The maximum Gasteiger partial charge on any atom is 0.308 e. The third kappa shape index (κ3) is 6.88. The van der Waals surface area contributed by atoms with Gasteiger partial charge in [-0.2, -0.15) is 0 Å². The second-order valence-corrected chi connectivity index (χ2v) is 5.28. The zero-order valence-electron chi connectivity index (χ0n) is 13.0. The number of amides is 1. The Labute approximate surface area is 126 Å². The molecule has 7 heteroatoms. The van der Waals surface area contributed by atoms with E-state index >= 15 is 0 Å². The standard InChI is InChI=1S/C14H27N3O4/c1-16(6-3-5-15)13(18)4-7-17-8-9-21-12(11-17)10-14(19)20-2/h12H,3-11,15H2,1-2H3. The summed E-state index contributed by atoms with van der Waals surface area (Å²) in [7, 11) is 3.18. The Hall–Kier alpha value is -1.18. The van der Waals surface area contributed by atoms with Crippen molar-refractivity contribution >= 4 is 11.9 Å². The van der Waals surface area contributed by atoms with Crippen LogP contribution in [0.25, 0.3) is 0 Å². The largest absolute Gasteiger partial charge is 0.469 e. The number of methoxy groups -OCH3 is 1. The lowest BCUT2D eigenvalue weighted by atomic mass is 10.2. The molecule has 1 aliphatic rings. The smallest absolute Gasteiger partial charge is 0.308 e. The quantitative estimate of drug-likeness (QED) is 0.605. The molecule has 122 valence electrons. The van der Waals surface area contributed by atoms with E-state index in [1.165, 1.54) is 7.11 Å². The Morgan fingerprint density at radius 1 is 1.48 bits per heavy atom. The SMILES string of the molecule is COC(=O)CC1CN(CCC(=O)N(C)CCCN)CCO1. The van der Waals surface area contributed by atoms with Gasteiger partial charge < -0.3 is 20.1 Å². The normalized spacial score (nSPS) is 19.3. The maximum absolute atomic E-state index is 12.0. The van der Waals surface area contributed by atoms with E-state index < -0.39 is 0 Å². The van der Waals surface area contributed by atoms with Gasteiger partial charge in [0.2, 0.25) is 5.91 Å². The van der Waals surface area contributed by atoms with Crippen LogP contribution in [0.3, 0.4) is 0 Å². The van der Waals surface area contributed by atoms with Gasteiger partial charge in [0.15, 0.2) is 0 Å². The van der Waals surface area contributed by atoms with Crippen molar-refractivity contribution in [2.45, 2.75) is 25.4 Å². The molecule has 2 N–H and O–H groups in total. The first-order chi connectivity index (χ1) is 10.1. The Bertz CT molecular complexity index is 338. The summed E-state index contributed by atoms with van der Waals surface area (Å²) >= 11 is 0.